The Labute approximate surface area is 217 Å². The predicted molar refractivity (Wildman–Crippen MR) is 140 cm³/mol. The average molecular weight is 523 g/mol. The van der Waals surface area contributed by atoms with E-state index in [0.717, 1.165) is 23.4 Å². The summed E-state index contributed by atoms with van der Waals surface area (Å²) in [5, 5.41) is 8.32. The summed E-state index contributed by atoms with van der Waals surface area (Å²) >= 11 is 12.5. The molecule has 184 valence electrons. The van der Waals surface area contributed by atoms with Crippen LogP contribution in [0.4, 0.5) is 5.69 Å². The topological polar surface area (TPSA) is 94.7 Å². The van der Waals surface area contributed by atoms with Crippen molar-refractivity contribution in [2.75, 3.05) is 5.32 Å². The number of pyridine rings is 1. The summed E-state index contributed by atoms with van der Waals surface area (Å²) in [4.78, 5) is 35.3. The molecule has 8 nitrogen and oxygen atoms in total. The maximum atomic E-state index is 13.3. The van der Waals surface area contributed by atoms with Crippen molar-refractivity contribution in [2.24, 2.45) is 13.0 Å². The molecule has 0 spiro atoms. The first kappa shape index (κ1) is 24.2. The molecule has 0 saturated heterocycles. The van der Waals surface area contributed by atoms with Crippen molar-refractivity contribution < 1.29 is 4.79 Å². The molecule has 1 N–H and O–H groups in total. The Bertz CT molecular complexity index is 1510. The number of carbonyl (C=O) groups is 1. The van der Waals surface area contributed by atoms with Gasteiger partial charge in [0, 0.05) is 41.4 Å². The van der Waals surface area contributed by atoms with E-state index in [9.17, 15) is 9.59 Å². The van der Waals surface area contributed by atoms with Gasteiger partial charge in [-0.2, -0.15) is 5.10 Å². The summed E-state index contributed by atoms with van der Waals surface area (Å²) in [6.07, 6.45) is 6.90. The molecule has 36 heavy (non-hydrogen) atoms. The SMILES string of the molecule is C[C@@H]1CCC[C@H](n2cnc(-c3cc(Cl)ccc3Cl)cc2=O)c2cc(ccn2)-c2c(cnn2C)NC1=O. The number of benzene rings is 1. The Morgan fingerprint density at radius 1 is 1.06 bits per heavy atom. The van der Waals surface area contributed by atoms with Crippen LogP contribution in [0.15, 0.2) is 59.9 Å². The van der Waals surface area contributed by atoms with Gasteiger partial charge in [0.25, 0.3) is 5.56 Å². The van der Waals surface area contributed by atoms with Gasteiger partial charge in [-0.05, 0) is 43.2 Å². The van der Waals surface area contributed by atoms with E-state index >= 15 is 0 Å². The van der Waals surface area contributed by atoms with E-state index in [4.69, 9.17) is 23.2 Å². The highest BCUT2D eigenvalue weighted by atomic mass is 35.5. The summed E-state index contributed by atoms with van der Waals surface area (Å²) in [5.41, 5.74) is 3.81. The van der Waals surface area contributed by atoms with Gasteiger partial charge in [-0.3, -0.25) is 23.8 Å². The normalized spacial score (nSPS) is 18.1. The third kappa shape index (κ3) is 4.66. The highest BCUT2D eigenvalue weighted by Crippen LogP contribution is 2.33. The highest BCUT2D eigenvalue weighted by Gasteiger charge is 2.24. The minimum absolute atomic E-state index is 0.0581. The predicted octanol–water partition coefficient (Wildman–Crippen LogP) is 5.36. The third-order valence-corrected chi connectivity index (χ3v) is 7.10. The van der Waals surface area contributed by atoms with Crippen LogP contribution < -0.4 is 10.9 Å². The summed E-state index contributed by atoms with van der Waals surface area (Å²) in [7, 11) is 1.83. The van der Waals surface area contributed by atoms with Crippen LogP contribution in [-0.2, 0) is 11.8 Å². The van der Waals surface area contributed by atoms with Crippen molar-refractivity contribution in [1.29, 1.82) is 0 Å². The number of hydrogen-bond acceptors (Lipinski definition) is 5. The van der Waals surface area contributed by atoms with E-state index in [0.29, 0.717) is 39.8 Å². The number of nitrogens with zero attached hydrogens (tertiary/aromatic N) is 5. The molecule has 3 aromatic heterocycles. The zero-order valence-corrected chi connectivity index (χ0v) is 21.3. The molecule has 1 aliphatic heterocycles. The van der Waals surface area contributed by atoms with Gasteiger partial charge in [0.2, 0.25) is 5.91 Å². The van der Waals surface area contributed by atoms with E-state index in [1.807, 2.05) is 26.1 Å². The second-order valence-electron chi connectivity index (χ2n) is 8.98. The maximum Gasteiger partial charge on any atom is 0.254 e. The Morgan fingerprint density at radius 2 is 1.89 bits per heavy atom. The van der Waals surface area contributed by atoms with Crippen LogP contribution in [0.1, 0.15) is 37.9 Å². The molecule has 1 aliphatic rings. The van der Waals surface area contributed by atoms with Gasteiger partial charge in [0.05, 0.1) is 46.4 Å². The van der Waals surface area contributed by atoms with Crippen LogP contribution in [-0.4, -0.2) is 30.2 Å². The van der Waals surface area contributed by atoms with Crippen LogP contribution in [0.3, 0.4) is 0 Å². The van der Waals surface area contributed by atoms with Crippen molar-refractivity contribution >= 4 is 34.8 Å². The number of carbonyl (C=O) groups excluding carboxylic acids is 1. The molecule has 0 saturated carbocycles. The molecule has 0 fully saturated rings. The first-order valence-electron chi connectivity index (χ1n) is 11.6. The van der Waals surface area contributed by atoms with Gasteiger partial charge in [0.15, 0.2) is 0 Å². The molecule has 4 heterocycles. The zero-order valence-electron chi connectivity index (χ0n) is 19.8. The molecule has 0 aliphatic carbocycles. The van der Waals surface area contributed by atoms with Crippen molar-refractivity contribution in [2.45, 2.75) is 32.2 Å². The van der Waals surface area contributed by atoms with E-state index < -0.39 is 0 Å². The lowest BCUT2D eigenvalue weighted by Gasteiger charge is -2.22. The number of aromatic nitrogens is 5. The molecule has 1 aromatic carbocycles. The first-order chi connectivity index (χ1) is 17.3. The van der Waals surface area contributed by atoms with Crippen molar-refractivity contribution in [3.05, 3.63) is 81.2 Å². The van der Waals surface area contributed by atoms with E-state index in [2.05, 4.69) is 20.4 Å². The molecule has 0 unspecified atom stereocenters. The van der Waals surface area contributed by atoms with Gasteiger partial charge in [-0.1, -0.05) is 36.5 Å². The number of fused-ring (bicyclic) bond motifs is 4. The summed E-state index contributed by atoms with van der Waals surface area (Å²) < 4.78 is 3.31. The maximum absolute atomic E-state index is 13.3. The van der Waals surface area contributed by atoms with Crippen LogP contribution in [0.5, 0.6) is 0 Å². The fourth-order valence-electron chi connectivity index (χ4n) is 4.57. The second-order valence-corrected chi connectivity index (χ2v) is 9.82. The number of anilines is 1. The monoisotopic (exact) mass is 522 g/mol. The van der Waals surface area contributed by atoms with Crippen LogP contribution >= 0.6 is 23.2 Å². The molecule has 1 amide bonds. The molecule has 5 rings (SSSR count). The lowest BCUT2D eigenvalue weighted by Crippen LogP contribution is -2.27. The largest absolute Gasteiger partial charge is 0.323 e. The van der Waals surface area contributed by atoms with Crippen molar-refractivity contribution in [3.8, 4) is 22.5 Å². The number of nitrogens with one attached hydrogen (secondary N) is 1. The molecule has 10 heteroatoms. The minimum atomic E-state index is -0.361. The zero-order chi connectivity index (χ0) is 25.4. The van der Waals surface area contributed by atoms with Crippen LogP contribution in [0, 0.1) is 5.92 Å². The molecular formula is C26H24Cl2N6O2. The standard InChI is InChI=1S/C26H24Cl2N6O2/c1-15-4-3-5-23(34-14-30-20(12-24(34)35)18-11-17(27)6-7-19(18)28)21-10-16(8-9-29-21)25-22(32-26(15)36)13-31-33(25)2/h6-15,23H,3-5H2,1-2H3,(H,32,36)/t15-,23+/m1/s1. The number of amides is 1. The Kier molecular flexibility index (Phi) is 6.64. The minimum Gasteiger partial charge on any atom is -0.323 e. The number of halogens is 2. The van der Waals surface area contributed by atoms with E-state index in [1.54, 1.807) is 39.8 Å². The van der Waals surface area contributed by atoms with Crippen molar-refractivity contribution in [3.63, 3.8) is 0 Å². The van der Waals surface area contributed by atoms with E-state index in [1.165, 1.54) is 12.4 Å². The first-order valence-corrected chi connectivity index (χ1v) is 12.4. The van der Waals surface area contributed by atoms with Crippen molar-refractivity contribution in [1.82, 2.24) is 24.3 Å². The second kappa shape index (κ2) is 9.87. The molecular weight excluding hydrogens is 499 g/mol. The molecule has 0 radical (unpaired) electrons. The Balaban J connectivity index is 1.60. The van der Waals surface area contributed by atoms with Gasteiger partial charge in [-0.25, -0.2) is 4.98 Å². The highest BCUT2D eigenvalue weighted by molar-refractivity contribution is 6.35. The lowest BCUT2D eigenvalue weighted by molar-refractivity contribution is -0.119. The number of rotatable bonds is 2. The fourth-order valence-corrected chi connectivity index (χ4v) is 4.95. The third-order valence-electron chi connectivity index (χ3n) is 6.53. The Hall–Kier alpha value is -3.49. The molecule has 2 atom stereocenters. The molecule has 2 bridgehead atoms. The van der Waals surface area contributed by atoms with Gasteiger partial charge < -0.3 is 5.32 Å². The van der Waals surface area contributed by atoms with Crippen LogP contribution in [0.2, 0.25) is 10.0 Å². The van der Waals surface area contributed by atoms with Crippen LogP contribution in [0.25, 0.3) is 22.5 Å². The van der Waals surface area contributed by atoms with Gasteiger partial charge >= 0.3 is 0 Å². The van der Waals surface area contributed by atoms with Gasteiger partial charge in [0.1, 0.15) is 0 Å². The Morgan fingerprint density at radius 3 is 2.69 bits per heavy atom. The molecule has 4 aromatic rings. The summed E-state index contributed by atoms with van der Waals surface area (Å²) in [6.45, 7) is 1.90. The number of hydrogen-bond donors (Lipinski definition) is 1. The average Bonchev–Trinajstić information content (AvgIpc) is 3.22. The fraction of sp³-hybridized carbons (Fsp3) is 0.269. The lowest BCUT2D eigenvalue weighted by atomic mass is 9.97. The summed E-state index contributed by atoms with van der Waals surface area (Å²) in [5.74, 6) is -0.260. The smallest absolute Gasteiger partial charge is 0.254 e. The van der Waals surface area contributed by atoms with E-state index in [-0.39, 0.29) is 23.4 Å². The summed E-state index contributed by atoms with van der Waals surface area (Å²) in [6, 6.07) is 9.97. The number of aryl methyl sites for hydroxylation is 1. The van der Waals surface area contributed by atoms with Gasteiger partial charge in [-0.15, -0.1) is 0 Å². The quantitative estimate of drug-likeness (QED) is 0.382.